The van der Waals surface area contributed by atoms with Crippen LogP contribution in [0.15, 0.2) is 18.2 Å². The molecule has 5 heteroatoms. The first-order chi connectivity index (χ1) is 7.04. The Morgan fingerprint density at radius 3 is 2.93 bits per heavy atom. The molecule has 0 saturated carbocycles. The van der Waals surface area contributed by atoms with Gasteiger partial charge in [0.25, 0.3) is 0 Å². The van der Waals surface area contributed by atoms with E-state index in [-0.39, 0.29) is 0 Å². The molecule has 4 nitrogen and oxygen atoms in total. The topological polar surface area (TPSA) is 64.3 Å². The van der Waals surface area contributed by atoms with E-state index in [4.69, 9.17) is 5.73 Å². The minimum atomic E-state index is -0.402. The summed E-state index contributed by atoms with van der Waals surface area (Å²) in [6.07, 6.45) is 0. The maximum absolute atomic E-state index is 11.2. The number of anilines is 2. The Bertz CT molecular complexity index is 385. The van der Waals surface area contributed by atoms with Crippen LogP contribution in [0.5, 0.6) is 0 Å². The fraction of sp³-hybridized carbons (Fsp3) is 0.300. The highest BCUT2D eigenvalue weighted by Gasteiger charge is 2.14. The third-order valence-corrected chi connectivity index (χ3v) is 2.78. The number of nitrogens with two attached hydrogens (primary N) is 1. The number of hydrogen-bond acceptors (Lipinski definition) is 5. The number of esters is 1. The van der Waals surface area contributed by atoms with Crippen molar-refractivity contribution in [2.45, 2.75) is 6.92 Å². The fourth-order valence-electron chi connectivity index (χ4n) is 0.982. The number of ether oxygens (including phenoxy) is 1. The predicted octanol–water partition coefficient (Wildman–Crippen LogP) is 2.10. The Morgan fingerprint density at radius 1 is 1.73 bits per heavy atom. The van der Waals surface area contributed by atoms with Crippen molar-refractivity contribution in [1.82, 2.24) is 0 Å². The molecule has 1 aromatic rings. The summed E-state index contributed by atoms with van der Waals surface area (Å²) in [5.74, 6) is -0.402. The maximum Gasteiger partial charge on any atom is 0.350 e. The van der Waals surface area contributed by atoms with Crippen molar-refractivity contribution in [2.75, 3.05) is 24.7 Å². The van der Waals surface area contributed by atoms with Gasteiger partial charge in [-0.2, -0.15) is 0 Å². The number of methoxy groups -OCH3 is 1. The molecule has 3 N–H and O–H groups in total. The van der Waals surface area contributed by atoms with Gasteiger partial charge >= 0.3 is 5.97 Å². The summed E-state index contributed by atoms with van der Waals surface area (Å²) < 4.78 is 4.60. The van der Waals surface area contributed by atoms with Crippen LogP contribution < -0.4 is 11.1 Å². The average Bonchev–Trinajstić information content (AvgIpc) is 2.55. The number of rotatable bonds is 4. The van der Waals surface area contributed by atoms with E-state index in [2.05, 4.69) is 16.6 Å². The molecule has 0 amide bonds. The molecule has 0 aliphatic rings. The van der Waals surface area contributed by atoms with E-state index in [9.17, 15) is 4.79 Å². The lowest BCUT2D eigenvalue weighted by Crippen LogP contribution is -2.01. The highest BCUT2D eigenvalue weighted by atomic mass is 32.1. The first-order valence-electron chi connectivity index (χ1n) is 4.40. The lowest BCUT2D eigenvalue weighted by Gasteiger charge is -2.00. The van der Waals surface area contributed by atoms with E-state index < -0.39 is 5.97 Å². The Labute approximate surface area is 92.7 Å². The molecule has 0 aliphatic heterocycles. The van der Waals surface area contributed by atoms with Gasteiger partial charge in [-0.25, -0.2) is 4.79 Å². The van der Waals surface area contributed by atoms with E-state index in [1.165, 1.54) is 18.4 Å². The van der Waals surface area contributed by atoms with Crippen molar-refractivity contribution >= 4 is 28.0 Å². The van der Waals surface area contributed by atoms with E-state index in [1.54, 1.807) is 6.07 Å². The number of hydrogen-bond donors (Lipinski definition) is 2. The number of thiophene rings is 1. The van der Waals surface area contributed by atoms with Crippen molar-refractivity contribution < 1.29 is 9.53 Å². The Kier molecular flexibility index (Phi) is 3.74. The fourth-order valence-corrected chi connectivity index (χ4v) is 1.88. The Hall–Kier alpha value is -1.49. The predicted molar refractivity (Wildman–Crippen MR) is 63.4 cm³/mol. The lowest BCUT2D eigenvalue weighted by atomic mass is 10.3. The molecule has 1 aromatic heterocycles. The van der Waals surface area contributed by atoms with Gasteiger partial charge in [0.15, 0.2) is 0 Å². The van der Waals surface area contributed by atoms with Crippen LogP contribution in [0.2, 0.25) is 0 Å². The molecule has 0 saturated heterocycles. The first-order valence-corrected chi connectivity index (χ1v) is 5.22. The van der Waals surface area contributed by atoms with Crippen LogP contribution in [-0.4, -0.2) is 19.6 Å². The molecule has 1 rings (SSSR count). The van der Waals surface area contributed by atoms with Gasteiger partial charge < -0.3 is 15.8 Å². The second-order valence-corrected chi connectivity index (χ2v) is 4.25. The largest absolute Gasteiger partial charge is 0.465 e. The van der Waals surface area contributed by atoms with E-state index in [0.29, 0.717) is 17.1 Å². The summed E-state index contributed by atoms with van der Waals surface area (Å²) in [5, 5.41) is 3.96. The quantitative estimate of drug-likeness (QED) is 0.609. The van der Waals surface area contributed by atoms with Crippen molar-refractivity contribution in [2.24, 2.45) is 0 Å². The molecule has 0 spiro atoms. The zero-order chi connectivity index (χ0) is 11.4. The summed E-state index contributed by atoms with van der Waals surface area (Å²) in [4.78, 5) is 11.7. The van der Waals surface area contributed by atoms with E-state index in [1.807, 2.05) is 6.92 Å². The van der Waals surface area contributed by atoms with Gasteiger partial charge in [0.1, 0.15) is 4.88 Å². The van der Waals surface area contributed by atoms with Crippen LogP contribution in [0, 0.1) is 0 Å². The van der Waals surface area contributed by atoms with E-state index >= 15 is 0 Å². The maximum atomic E-state index is 11.2. The molecule has 0 atom stereocenters. The molecular formula is C10H14N2O2S. The molecule has 0 unspecified atom stereocenters. The molecule has 1 heterocycles. The molecule has 0 radical (unpaired) electrons. The minimum absolute atomic E-state index is 0.402. The zero-order valence-corrected chi connectivity index (χ0v) is 9.61. The number of nitrogen functional groups attached to an aromatic ring is 1. The van der Waals surface area contributed by atoms with Gasteiger partial charge in [-0.05, 0) is 13.0 Å². The average molecular weight is 226 g/mol. The molecule has 0 aliphatic carbocycles. The van der Waals surface area contributed by atoms with Gasteiger partial charge in [-0.3, -0.25) is 0 Å². The number of nitrogens with one attached hydrogen (secondary N) is 1. The summed E-state index contributed by atoms with van der Waals surface area (Å²) in [6.45, 7) is 6.36. The van der Waals surface area contributed by atoms with Crippen molar-refractivity contribution in [3.63, 3.8) is 0 Å². The minimum Gasteiger partial charge on any atom is -0.465 e. The second kappa shape index (κ2) is 4.84. The van der Waals surface area contributed by atoms with Crippen LogP contribution in [-0.2, 0) is 4.74 Å². The van der Waals surface area contributed by atoms with Gasteiger partial charge in [-0.15, -0.1) is 11.3 Å². The SMILES string of the molecule is C=C(C)CNc1cc(N)c(C(=O)OC)s1. The van der Waals surface area contributed by atoms with Gasteiger partial charge in [0, 0.05) is 6.54 Å². The highest BCUT2D eigenvalue weighted by molar-refractivity contribution is 7.18. The van der Waals surface area contributed by atoms with Crippen molar-refractivity contribution in [3.05, 3.63) is 23.1 Å². The number of carbonyl (C=O) groups excluding carboxylic acids is 1. The molecule has 15 heavy (non-hydrogen) atoms. The number of carbonyl (C=O) groups is 1. The highest BCUT2D eigenvalue weighted by Crippen LogP contribution is 2.29. The molecule has 82 valence electrons. The molecule has 0 fully saturated rings. The lowest BCUT2D eigenvalue weighted by molar-refractivity contribution is 0.0607. The monoisotopic (exact) mass is 226 g/mol. The summed E-state index contributed by atoms with van der Waals surface area (Å²) in [7, 11) is 1.34. The van der Waals surface area contributed by atoms with Crippen LogP contribution in [0.4, 0.5) is 10.7 Å². The standard InChI is InChI=1S/C10H14N2O2S/c1-6(2)5-12-8-4-7(11)9(15-8)10(13)14-3/h4,12H,1,5,11H2,2-3H3. The van der Waals surface area contributed by atoms with E-state index in [0.717, 1.165) is 10.6 Å². The second-order valence-electron chi connectivity index (χ2n) is 3.20. The van der Waals surface area contributed by atoms with Crippen molar-refractivity contribution in [1.29, 1.82) is 0 Å². The summed E-state index contributed by atoms with van der Waals surface area (Å²) in [6, 6.07) is 1.72. The van der Waals surface area contributed by atoms with Crippen LogP contribution >= 0.6 is 11.3 Å². The van der Waals surface area contributed by atoms with Crippen LogP contribution in [0.3, 0.4) is 0 Å². The van der Waals surface area contributed by atoms with Gasteiger partial charge in [0.05, 0.1) is 17.8 Å². The van der Waals surface area contributed by atoms with Crippen molar-refractivity contribution in [3.8, 4) is 0 Å². The zero-order valence-electron chi connectivity index (χ0n) is 8.79. The Morgan fingerprint density at radius 2 is 2.40 bits per heavy atom. The normalized spacial score (nSPS) is 9.73. The molecule has 0 bridgehead atoms. The van der Waals surface area contributed by atoms with Gasteiger partial charge in [0.2, 0.25) is 0 Å². The smallest absolute Gasteiger partial charge is 0.350 e. The molecular weight excluding hydrogens is 212 g/mol. The molecule has 0 aromatic carbocycles. The Balaban J connectivity index is 2.76. The third-order valence-electron chi connectivity index (χ3n) is 1.70. The summed E-state index contributed by atoms with van der Waals surface area (Å²) >= 11 is 1.28. The van der Waals surface area contributed by atoms with Crippen LogP contribution in [0.1, 0.15) is 16.6 Å². The van der Waals surface area contributed by atoms with Gasteiger partial charge in [-0.1, -0.05) is 12.2 Å². The van der Waals surface area contributed by atoms with Crippen LogP contribution in [0.25, 0.3) is 0 Å². The third kappa shape index (κ3) is 2.99. The first kappa shape index (κ1) is 11.6. The summed E-state index contributed by atoms with van der Waals surface area (Å²) in [5.41, 5.74) is 7.13.